The standard InChI is InChI=1S/C21H21BrN6O3/c1-13-18(11-27(24-13)12-19(29)26-5-7-31-8-6-26)28-20-15-9-14(22)3-4-16(15)23-10-17(20)25(2)21(28)30/h3-4,9-11H,5-8,12H2,1-2H3. The molecule has 10 heteroatoms. The van der Waals surface area contributed by atoms with E-state index in [0.29, 0.717) is 37.7 Å². The van der Waals surface area contributed by atoms with Gasteiger partial charge in [0.05, 0.1) is 53.5 Å². The Hall–Kier alpha value is -2.98. The Labute approximate surface area is 186 Å². The number of hydrogen-bond acceptors (Lipinski definition) is 5. The molecule has 0 atom stereocenters. The number of aryl methyl sites for hydroxylation is 2. The van der Waals surface area contributed by atoms with Crippen LogP contribution in [0.5, 0.6) is 0 Å². The van der Waals surface area contributed by atoms with Crippen molar-refractivity contribution >= 4 is 43.8 Å². The van der Waals surface area contributed by atoms with Gasteiger partial charge in [0.2, 0.25) is 5.91 Å². The van der Waals surface area contributed by atoms with Crippen LogP contribution in [0.25, 0.3) is 27.6 Å². The average Bonchev–Trinajstić information content (AvgIpc) is 3.25. The lowest BCUT2D eigenvalue weighted by Gasteiger charge is -2.26. The molecule has 1 amide bonds. The lowest BCUT2D eigenvalue weighted by Crippen LogP contribution is -2.42. The summed E-state index contributed by atoms with van der Waals surface area (Å²) >= 11 is 3.52. The van der Waals surface area contributed by atoms with Crippen molar-refractivity contribution < 1.29 is 9.53 Å². The Balaban J connectivity index is 1.63. The Morgan fingerprint density at radius 1 is 1.26 bits per heavy atom. The first-order valence-corrected chi connectivity index (χ1v) is 10.8. The molecule has 0 unspecified atom stereocenters. The van der Waals surface area contributed by atoms with Gasteiger partial charge in [0.1, 0.15) is 6.54 Å². The van der Waals surface area contributed by atoms with Gasteiger partial charge in [0.15, 0.2) is 0 Å². The van der Waals surface area contributed by atoms with Gasteiger partial charge in [-0.15, -0.1) is 0 Å². The van der Waals surface area contributed by atoms with E-state index in [-0.39, 0.29) is 18.1 Å². The number of amides is 1. The lowest BCUT2D eigenvalue weighted by molar-refractivity contribution is -0.136. The molecule has 4 aromatic rings. The van der Waals surface area contributed by atoms with Crippen LogP contribution in [0.15, 0.2) is 39.9 Å². The van der Waals surface area contributed by atoms with Gasteiger partial charge >= 0.3 is 5.69 Å². The summed E-state index contributed by atoms with van der Waals surface area (Å²) in [7, 11) is 1.73. The Morgan fingerprint density at radius 2 is 2.03 bits per heavy atom. The molecule has 1 fully saturated rings. The summed E-state index contributed by atoms with van der Waals surface area (Å²) in [5, 5.41) is 5.38. The number of aromatic nitrogens is 5. The number of carbonyl (C=O) groups is 1. The van der Waals surface area contributed by atoms with Crippen molar-refractivity contribution in [1.82, 2.24) is 28.8 Å². The summed E-state index contributed by atoms with van der Waals surface area (Å²) in [4.78, 5) is 32.1. The van der Waals surface area contributed by atoms with Crippen LogP contribution in [0.2, 0.25) is 0 Å². The van der Waals surface area contributed by atoms with Crippen LogP contribution < -0.4 is 5.69 Å². The molecule has 31 heavy (non-hydrogen) atoms. The van der Waals surface area contributed by atoms with Gasteiger partial charge in [-0.2, -0.15) is 5.10 Å². The molecule has 1 saturated heterocycles. The summed E-state index contributed by atoms with van der Waals surface area (Å²) in [6.07, 6.45) is 3.48. The van der Waals surface area contributed by atoms with Crippen molar-refractivity contribution in [3.8, 4) is 5.69 Å². The molecule has 0 bridgehead atoms. The SMILES string of the molecule is Cc1nn(CC(=O)N2CCOCC2)cc1-n1c(=O)n(C)c2cnc3ccc(Br)cc3c21. The highest BCUT2D eigenvalue weighted by molar-refractivity contribution is 9.10. The number of pyridine rings is 1. The van der Waals surface area contributed by atoms with E-state index in [9.17, 15) is 9.59 Å². The van der Waals surface area contributed by atoms with E-state index in [2.05, 4.69) is 26.0 Å². The Bertz CT molecular complexity index is 1380. The van der Waals surface area contributed by atoms with Crippen LogP contribution in [0.4, 0.5) is 0 Å². The maximum absolute atomic E-state index is 13.2. The van der Waals surface area contributed by atoms with Crippen molar-refractivity contribution in [2.45, 2.75) is 13.5 Å². The van der Waals surface area contributed by atoms with Gasteiger partial charge in [-0.25, -0.2) is 4.79 Å². The minimum absolute atomic E-state index is 0.0128. The highest BCUT2D eigenvalue weighted by Crippen LogP contribution is 2.28. The van der Waals surface area contributed by atoms with Gasteiger partial charge in [-0.1, -0.05) is 15.9 Å². The monoisotopic (exact) mass is 484 g/mol. The highest BCUT2D eigenvalue weighted by Gasteiger charge is 2.21. The van der Waals surface area contributed by atoms with Crippen LogP contribution in [0.3, 0.4) is 0 Å². The molecule has 0 saturated carbocycles. The lowest BCUT2D eigenvalue weighted by atomic mass is 10.2. The molecule has 0 radical (unpaired) electrons. The van der Waals surface area contributed by atoms with Gasteiger partial charge in [-0.05, 0) is 25.1 Å². The van der Waals surface area contributed by atoms with E-state index in [1.54, 1.807) is 38.2 Å². The molecule has 0 aliphatic carbocycles. The molecule has 1 aromatic carbocycles. The van der Waals surface area contributed by atoms with Crippen LogP contribution in [-0.4, -0.2) is 61.0 Å². The van der Waals surface area contributed by atoms with Crippen molar-refractivity contribution in [2.24, 2.45) is 7.05 Å². The second kappa shape index (κ2) is 7.61. The number of imidazole rings is 1. The van der Waals surface area contributed by atoms with Gasteiger partial charge in [-0.3, -0.25) is 23.6 Å². The second-order valence-corrected chi connectivity index (χ2v) is 8.54. The van der Waals surface area contributed by atoms with Crippen molar-refractivity contribution in [2.75, 3.05) is 26.3 Å². The number of halogens is 1. The normalized spacial score (nSPS) is 14.6. The van der Waals surface area contributed by atoms with E-state index >= 15 is 0 Å². The second-order valence-electron chi connectivity index (χ2n) is 7.62. The summed E-state index contributed by atoms with van der Waals surface area (Å²) in [5.41, 5.74) is 3.42. The first kappa shape index (κ1) is 20.0. The van der Waals surface area contributed by atoms with Gasteiger partial charge in [0, 0.05) is 30.0 Å². The topological polar surface area (TPSA) is 87.2 Å². The third-order valence-electron chi connectivity index (χ3n) is 5.67. The molecule has 1 aliphatic heterocycles. The van der Waals surface area contributed by atoms with Gasteiger partial charge in [0.25, 0.3) is 0 Å². The molecule has 0 spiro atoms. The van der Waals surface area contributed by atoms with Crippen molar-refractivity contribution in [1.29, 1.82) is 0 Å². The van der Waals surface area contributed by atoms with E-state index in [1.807, 2.05) is 25.1 Å². The third kappa shape index (κ3) is 3.35. The maximum atomic E-state index is 13.2. The molecule has 4 heterocycles. The fourth-order valence-electron chi connectivity index (χ4n) is 4.05. The van der Waals surface area contributed by atoms with E-state index in [4.69, 9.17) is 4.74 Å². The number of fused-ring (bicyclic) bond motifs is 3. The van der Waals surface area contributed by atoms with E-state index < -0.39 is 0 Å². The highest BCUT2D eigenvalue weighted by atomic mass is 79.9. The minimum atomic E-state index is -0.188. The third-order valence-corrected chi connectivity index (χ3v) is 6.16. The fraction of sp³-hybridized carbons (Fsp3) is 0.333. The molecule has 9 nitrogen and oxygen atoms in total. The number of morpholine rings is 1. The zero-order valence-corrected chi connectivity index (χ0v) is 18.8. The quantitative estimate of drug-likeness (QED) is 0.443. The van der Waals surface area contributed by atoms with E-state index in [0.717, 1.165) is 26.4 Å². The summed E-state index contributed by atoms with van der Waals surface area (Å²) in [6, 6.07) is 5.80. The Morgan fingerprint density at radius 3 is 2.81 bits per heavy atom. The molecule has 160 valence electrons. The molecular formula is C21H21BrN6O3. The molecule has 0 N–H and O–H groups in total. The number of carbonyl (C=O) groups excluding carboxylic acids is 1. The van der Waals surface area contributed by atoms with E-state index in [1.165, 1.54) is 0 Å². The number of hydrogen-bond donors (Lipinski definition) is 0. The van der Waals surface area contributed by atoms with Crippen molar-refractivity contribution in [3.05, 3.63) is 51.2 Å². The molecule has 1 aliphatic rings. The molecule has 3 aromatic heterocycles. The Kier molecular flexibility index (Phi) is 4.90. The fourth-order valence-corrected chi connectivity index (χ4v) is 4.41. The van der Waals surface area contributed by atoms with Crippen LogP contribution in [0.1, 0.15) is 5.69 Å². The summed E-state index contributed by atoms with van der Waals surface area (Å²) in [6.45, 7) is 4.24. The zero-order chi connectivity index (χ0) is 21.7. The molecule has 5 rings (SSSR count). The van der Waals surface area contributed by atoms with Crippen LogP contribution in [-0.2, 0) is 23.1 Å². The van der Waals surface area contributed by atoms with Crippen LogP contribution in [0, 0.1) is 6.92 Å². The molecular weight excluding hydrogens is 464 g/mol. The maximum Gasteiger partial charge on any atom is 0.333 e. The summed E-state index contributed by atoms with van der Waals surface area (Å²) < 4.78 is 11.1. The average molecular weight is 485 g/mol. The first-order chi connectivity index (χ1) is 14.9. The van der Waals surface area contributed by atoms with Crippen LogP contribution >= 0.6 is 15.9 Å². The smallest absolute Gasteiger partial charge is 0.333 e. The minimum Gasteiger partial charge on any atom is -0.378 e. The largest absolute Gasteiger partial charge is 0.378 e. The van der Waals surface area contributed by atoms with Crippen molar-refractivity contribution in [3.63, 3.8) is 0 Å². The summed E-state index contributed by atoms with van der Waals surface area (Å²) in [5.74, 6) is -0.0128. The van der Waals surface area contributed by atoms with Gasteiger partial charge < -0.3 is 9.64 Å². The zero-order valence-electron chi connectivity index (χ0n) is 17.2. The number of ether oxygens (including phenoxy) is 1. The number of rotatable bonds is 3. The predicted molar refractivity (Wildman–Crippen MR) is 119 cm³/mol. The predicted octanol–water partition coefficient (Wildman–Crippen LogP) is 2.00. The first-order valence-electron chi connectivity index (χ1n) is 9.99. The number of benzene rings is 1. The number of nitrogens with zero attached hydrogens (tertiary/aromatic N) is 6.